The van der Waals surface area contributed by atoms with Gasteiger partial charge in [0.1, 0.15) is 23.7 Å². The summed E-state index contributed by atoms with van der Waals surface area (Å²) in [6.45, 7) is 2.07. The van der Waals surface area contributed by atoms with Gasteiger partial charge in [0.25, 0.3) is 0 Å². The van der Waals surface area contributed by atoms with Gasteiger partial charge in [-0.2, -0.15) is 4.98 Å². The van der Waals surface area contributed by atoms with Gasteiger partial charge in [-0.15, -0.1) is 5.10 Å². The molecule has 4 aromatic rings. The van der Waals surface area contributed by atoms with Crippen molar-refractivity contribution in [2.75, 3.05) is 11.6 Å². The molecule has 5 nitrogen and oxygen atoms in total. The molecule has 0 aliphatic carbocycles. The third-order valence-corrected chi connectivity index (χ3v) is 6.65. The molecule has 0 spiro atoms. The highest BCUT2D eigenvalue weighted by Gasteiger charge is 2.41. The second kappa shape index (κ2) is 7.78. The number of fused-ring (bicyclic) bond motifs is 3. The fraction of sp³-hybridized carbons (Fsp3) is 0.154. The minimum absolute atomic E-state index is 0.272. The highest BCUT2D eigenvalue weighted by molar-refractivity contribution is 7.98. The van der Waals surface area contributed by atoms with E-state index in [-0.39, 0.29) is 18.0 Å². The number of ether oxygens (including phenoxy) is 1. The first kappa shape index (κ1) is 20.1. The zero-order valence-corrected chi connectivity index (χ0v) is 18.9. The van der Waals surface area contributed by atoms with Crippen LogP contribution >= 0.6 is 11.8 Å². The van der Waals surface area contributed by atoms with Crippen LogP contribution in [0.3, 0.4) is 0 Å². The normalized spacial score (nSPS) is 18.6. The van der Waals surface area contributed by atoms with Gasteiger partial charge in [0.05, 0.1) is 5.70 Å². The van der Waals surface area contributed by atoms with Crippen molar-refractivity contribution in [3.05, 3.63) is 106 Å². The van der Waals surface area contributed by atoms with Crippen LogP contribution in [-0.4, -0.2) is 21.0 Å². The van der Waals surface area contributed by atoms with Crippen LogP contribution in [0, 0.1) is 12.7 Å². The number of rotatable bonds is 3. The minimum atomic E-state index is -0.340. The van der Waals surface area contributed by atoms with Crippen LogP contribution in [0.4, 0.5) is 10.3 Å². The molecule has 164 valence electrons. The van der Waals surface area contributed by atoms with Gasteiger partial charge in [0.15, 0.2) is 0 Å². The van der Waals surface area contributed by atoms with Crippen LogP contribution < -0.4 is 10.1 Å². The third-order valence-electron chi connectivity index (χ3n) is 6.11. The highest BCUT2D eigenvalue weighted by atomic mass is 32.2. The van der Waals surface area contributed by atoms with Gasteiger partial charge in [0.2, 0.25) is 11.1 Å². The monoisotopic (exact) mass is 456 g/mol. The van der Waals surface area contributed by atoms with Crippen LogP contribution in [0.1, 0.15) is 34.4 Å². The standard InChI is InChI=1S/C26H21FN4OS/c1-15-7-9-17(10-8-15)24-21-22(19-5-3-4-6-20(19)32-24)28-25-29-26(33-2)30-31(25)23(21)16-11-13-18(27)14-12-16/h3-14,23-24H,1-2H3,(H,28,29,30). The average Bonchev–Trinajstić information content (AvgIpc) is 3.26. The maximum atomic E-state index is 13.8. The van der Waals surface area contributed by atoms with Crippen LogP contribution in [0.5, 0.6) is 5.75 Å². The summed E-state index contributed by atoms with van der Waals surface area (Å²) in [6, 6.07) is 22.7. The molecule has 1 N–H and O–H groups in total. The molecular weight excluding hydrogens is 435 g/mol. The van der Waals surface area contributed by atoms with E-state index in [1.807, 2.05) is 47.3 Å². The van der Waals surface area contributed by atoms with E-state index in [4.69, 9.17) is 14.8 Å². The van der Waals surface area contributed by atoms with Crippen molar-refractivity contribution in [1.82, 2.24) is 14.8 Å². The molecule has 0 radical (unpaired) electrons. The van der Waals surface area contributed by atoms with E-state index < -0.39 is 0 Å². The Kier molecular flexibility index (Phi) is 4.73. The van der Waals surface area contributed by atoms with Crippen molar-refractivity contribution in [3.8, 4) is 5.75 Å². The molecule has 0 bridgehead atoms. The number of para-hydroxylation sites is 1. The molecule has 2 atom stereocenters. The zero-order valence-electron chi connectivity index (χ0n) is 18.1. The first-order valence-electron chi connectivity index (χ1n) is 10.7. The van der Waals surface area contributed by atoms with Crippen molar-refractivity contribution in [1.29, 1.82) is 0 Å². The lowest BCUT2D eigenvalue weighted by Crippen LogP contribution is -2.32. The Bertz CT molecular complexity index is 1380. The number of hydrogen-bond donors (Lipinski definition) is 1. The molecule has 3 aromatic carbocycles. The summed E-state index contributed by atoms with van der Waals surface area (Å²) < 4.78 is 22.3. The van der Waals surface area contributed by atoms with E-state index in [9.17, 15) is 4.39 Å². The first-order valence-corrected chi connectivity index (χ1v) is 11.9. The van der Waals surface area contributed by atoms with Crippen molar-refractivity contribution in [3.63, 3.8) is 0 Å². The van der Waals surface area contributed by atoms with Gasteiger partial charge < -0.3 is 10.1 Å². The Morgan fingerprint density at radius 2 is 1.70 bits per heavy atom. The Morgan fingerprint density at radius 1 is 0.970 bits per heavy atom. The molecule has 0 amide bonds. The van der Waals surface area contributed by atoms with E-state index in [0.29, 0.717) is 11.1 Å². The molecule has 0 saturated carbocycles. The van der Waals surface area contributed by atoms with Gasteiger partial charge in [-0.3, -0.25) is 0 Å². The Balaban J connectivity index is 1.62. The fourth-order valence-corrected chi connectivity index (χ4v) is 4.87. The summed E-state index contributed by atoms with van der Waals surface area (Å²) in [6.07, 6.45) is 1.61. The molecule has 2 aliphatic rings. The molecule has 2 aliphatic heterocycles. The van der Waals surface area contributed by atoms with Crippen LogP contribution in [0.25, 0.3) is 5.70 Å². The number of nitrogens with one attached hydrogen (secondary N) is 1. The first-order chi connectivity index (χ1) is 16.1. The number of hydrogen-bond acceptors (Lipinski definition) is 5. The van der Waals surface area contributed by atoms with E-state index in [2.05, 4.69) is 36.5 Å². The minimum Gasteiger partial charge on any atom is -0.480 e. The van der Waals surface area contributed by atoms with Crippen molar-refractivity contribution in [2.24, 2.45) is 0 Å². The second-order valence-corrected chi connectivity index (χ2v) is 8.95. The molecule has 3 heterocycles. The van der Waals surface area contributed by atoms with Crippen LogP contribution in [-0.2, 0) is 0 Å². The number of benzene rings is 3. The van der Waals surface area contributed by atoms with E-state index in [1.165, 1.54) is 29.5 Å². The number of anilines is 1. The molecule has 7 heteroatoms. The summed E-state index contributed by atoms with van der Waals surface area (Å²) in [7, 11) is 0. The number of thioether (sulfide) groups is 1. The van der Waals surface area contributed by atoms with Crippen LogP contribution in [0.2, 0.25) is 0 Å². The number of aromatic nitrogens is 3. The maximum absolute atomic E-state index is 13.8. The summed E-state index contributed by atoms with van der Waals surface area (Å²) in [5, 5.41) is 8.97. The third kappa shape index (κ3) is 3.31. The van der Waals surface area contributed by atoms with Gasteiger partial charge in [-0.25, -0.2) is 9.07 Å². The lowest BCUT2D eigenvalue weighted by Gasteiger charge is -2.39. The molecule has 33 heavy (non-hydrogen) atoms. The predicted molar refractivity (Wildman–Crippen MR) is 128 cm³/mol. The summed E-state index contributed by atoms with van der Waals surface area (Å²) in [5.41, 5.74) is 6.11. The molecule has 1 aromatic heterocycles. The van der Waals surface area contributed by atoms with Gasteiger partial charge >= 0.3 is 0 Å². The molecule has 6 rings (SSSR count). The quantitative estimate of drug-likeness (QED) is 0.383. The van der Waals surface area contributed by atoms with Crippen molar-refractivity contribution in [2.45, 2.75) is 24.2 Å². The number of halogens is 1. The average molecular weight is 457 g/mol. The van der Waals surface area contributed by atoms with Gasteiger partial charge in [0, 0.05) is 11.1 Å². The predicted octanol–water partition coefficient (Wildman–Crippen LogP) is 6.01. The largest absolute Gasteiger partial charge is 0.480 e. The second-order valence-electron chi connectivity index (χ2n) is 8.18. The molecule has 0 saturated heterocycles. The Hall–Kier alpha value is -3.58. The van der Waals surface area contributed by atoms with Gasteiger partial charge in [-0.05, 0) is 48.6 Å². The van der Waals surface area contributed by atoms with Gasteiger partial charge in [-0.1, -0.05) is 65.9 Å². The topological polar surface area (TPSA) is 52.0 Å². The maximum Gasteiger partial charge on any atom is 0.227 e. The van der Waals surface area contributed by atoms with E-state index in [1.54, 1.807) is 0 Å². The molecular formula is C26H21FN4OS. The lowest BCUT2D eigenvalue weighted by molar-refractivity contribution is 0.223. The summed E-state index contributed by atoms with van der Waals surface area (Å²) in [5.74, 6) is 1.20. The highest BCUT2D eigenvalue weighted by Crippen LogP contribution is 2.50. The molecule has 0 fully saturated rings. The SMILES string of the molecule is CSc1nc2n(n1)C(c1ccc(F)cc1)C1=C(N2)c2ccccc2OC1c1ccc(C)cc1. The zero-order chi connectivity index (χ0) is 22.5. The summed E-state index contributed by atoms with van der Waals surface area (Å²) >= 11 is 1.49. The summed E-state index contributed by atoms with van der Waals surface area (Å²) in [4.78, 5) is 4.69. The van der Waals surface area contributed by atoms with Crippen LogP contribution in [0.15, 0.2) is 83.5 Å². The smallest absolute Gasteiger partial charge is 0.227 e. The Labute approximate surface area is 195 Å². The fourth-order valence-electron chi connectivity index (χ4n) is 4.53. The van der Waals surface area contributed by atoms with E-state index >= 15 is 0 Å². The van der Waals surface area contributed by atoms with Crippen molar-refractivity contribution < 1.29 is 9.13 Å². The molecule has 2 unspecified atom stereocenters. The number of nitrogens with zero attached hydrogens (tertiary/aromatic N) is 3. The Morgan fingerprint density at radius 3 is 2.45 bits per heavy atom. The van der Waals surface area contributed by atoms with E-state index in [0.717, 1.165) is 33.7 Å². The number of aryl methyl sites for hydroxylation is 1. The van der Waals surface area contributed by atoms with Crippen molar-refractivity contribution >= 4 is 23.4 Å². The lowest BCUT2D eigenvalue weighted by atomic mass is 9.84.